The molecule has 7 nitrogen and oxygen atoms in total. The van der Waals surface area contributed by atoms with Crippen LogP contribution in [0.3, 0.4) is 0 Å². The Hall–Kier alpha value is -3.35. The Bertz CT molecular complexity index is 818. The van der Waals surface area contributed by atoms with Gasteiger partial charge in [0.15, 0.2) is 12.9 Å². The first-order chi connectivity index (χ1) is 13.1. The molecule has 2 aromatic rings. The summed E-state index contributed by atoms with van der Waals surface area (Å²) in [6.07, 6.45) is 1.48. The van der Waals surface area contributed by atoms with Crippen LogP contribution in [0, 0.1) is 0 Å². The molecule has 0 aliphatic rings. The number of para-hydroxylation sites is 1. The average Bonchev–Trinajstić information content (AvgIpc) is 2.70. The number of anilines is 1. The molecule has 0 bridgehead atoms. The van der Waals surface area contributed by atoms with Crippen LogP contribution >= 0.6 is 0 Å². The number of methoxy groups -OCH3 is 1. The number of amides is 1. The lowest BCUT2D eigenvalue weighted by Gasteiger charge is -2.12. The number of carbonyl (C=O) groups is 3. The molecule has 0 aliphatic carbocycles. The number of hydrogen-bond donors (Lipinski definition) is 1. The molecule has 0 radical (unpaired) electrons. The molecule has 142 valence electrons. The van der Waals surface area contributed by atoms with Gasteiger partial charge in [0, 0.05) is 6.07 Å². The summed E-state index contributed by atoms with van der Waals surface area (Å²) >= 11 is 0. The van der Waals surface area contributed by atoms with Crippen molar-refractivity contribution in [1.29, 1.82) is 0 Å². The highest BCUT2D eigenvalue weighted by Gasteiger charge is 2.14. The molecule has 0 fully saturated rings. The highest BCUT2D eigenvalue weighted by Crippen LogP contribution is 2.24. The Labute approximate surface area is 157 Å². The molecule has 0 aromatic heterocycles. The minimum absolute atomic E-state index is 0.233. The van der Waals surface area contributed by atoms with E-state index < -0.39 is 11.9 Å². The lowest BCUT2D eigenvalue weighted by molar-refractivity contribution is -0.118. The number of carbonyl (C=O) groups excluding carboxylic acids is 3. The second-order valence-electron chi connectivity index (χ2n) is 5.54. The molecule has 0 heterocycles. The number of nitrogens with one attached hydrogen (secondary N) is 1. The van der Waals surface area contributed by atoms with Gasteiger partial charge in [-0.3, -0.25) is 9.59 Å². The Morgan fingerprint density at radius 3 is 2.59 bits per heavy atom. The summed E-state index contributed by atoms with van der Waals surface area (Å²) in [5, 5.41) is 2.60. The van der Waals surface area contributed by atoms with E-state index in [1.807, 2.05) is 6.92 Å². The summed E-state index contributed by atoms with van der Waals surface area (Å²) in [5.74, 6) is -0.247. The molecule has 0 saturated heterocycles. The van der Waals surface area contributed by atoms with Gasteiger partial charge in [0.05, 0.1) is 30.5 Å². The standard InChI is InChI=1S/C20H21NO6/c1-3-10-26-15-9-8-14(12-22)18(11-15)27-13-19(23)21-17-7-5-4-6-16(17)20(24)25-2/h4-9,11-12H,3,10,13H2,1-2H3,(H,21,23). The molecule has 0 saturated carbocycles. The Morgan fingerprint density at radius 2 is 1.89 bits per heavy atom. The van der Waals surface area contributed by atoms with Crippen molar-refractivity contribution in [1.82, 2.24) is 0 Å². The molecule has 27 heavy (non-hydrogen) atoms. The maximum atomic E-state index is 12.2. The maximum Gasteiger partial charge on any atom is 0.339 e. The van der Waals surface area contributed by atoms with Gasteiger partial charge in [0.1, 0.15) is 11.5 Å². The fourth-order valence-electron chi connectivity index (χ4n) is 2.26. The van der Waals surface area contributed by atoms with Gasteiger partial charge in [-0.1, -0.05) is 19.1 Å². The number of rotatable bonds is 9. The van der Waals surface area contributed by atoms with Gasteiger partial charge >= 0.3 is 5.97 Å². The lowest BCUT2D eigenvalue weighted by Crippen LogP contribution is -2.22. The fraction of sp³-hybridized carbons (Fsp3) is 0.250. The zero-order valence-corrected chi connectivity index (χ0v) is 15.2. The zero-order valence-electron chi connectivity index (χ0n) is 15.2. The van der Waals surface area contributed by atoms with Crippen LogP contribution in [0.5, 0.6) is 11.5 Å². The lowest BCUT2D eigenvalue weighted by atomic mass is 10.2. The second kappa shape index (κ2) is 9.96. The first kappa shape index (κ1) is 20.0. The SMILES string of the molecule is CCCOc1ccc(C=O)c(OCC(=O)Nc2ccccc2C(=O)OC)c1. The summed E-state index contributed by atoms with van der Waals surface area (Å²) in [6, 6.07) is 11.3. The third-order valence-electron chi connectivity index (χ3n) is 3.55. The van der Waals surface area contributed by atoms with Crippen LogP contribution in [0.1, 0.15) is 34.1 Å². The van der Waals surface area contributed by atoms with Crippen molar-refractivity contribution in [3.8, 4) is 11.5 Å². The van der Waals surface area contributed by atoms with Crippen molar-refractivity contribution in [3.63, 3.8) is 0 Å². The van der Waals surface area contributed by atoms with Crippen LogP contribution < -0.4 is 14.8 Å². The summed E-state index contributed by atoms with van der Waals surface area (Å²) in [5.41, 5.74) is 0.854. The topological polar surface area (TPSA) is 90.9 Å². The minimum atomic E-state index is -0.559. The van der Waals surface area contributed by atoms with Crippen molar-refractivity contribution < 1.29 is 28.6 Å². The summed E-state index contributed by atoms with van der Waals surface area (Å²) in [7, 11) is 1.26. The van der Waals surface area contributed by atoms with Gasteiger partial charge in [-0.25, -0.2) is 4.79 Å². The van der Waals surface area contributed by atoms with Crippen molar-refractivity contribution >= 4 is 23.9 Å². The highest BCUT2D eigenvalue weighted by atomic mass is 16.5. The van der Waals surface area contributed by atoms with Gasteiger partial charge < -0.3 is 19.5 Å². The quantitative estimate of drug-likeness (QED) is 0.538. The molecule has 1 amide bonds. The second-order valence-corrected chi connectivity index (χ2v) is 5.54. The van der Waals surface area contributed by atoms with E-state index in [1.165, 1.54) is 7.11 Å². The van der Waals surface area contributed by atoms with Crippen molar-refractivity contribution in [3.05, 3.63) is 53.6 Å². The molecular formula is C20H21NO6. The zero-order chi connectivity index (χ0) is 19.6. The Balaban J connectivity index is 2.05. The van der Waals surface area contributed by atoms with E-state index in [9.17, 15) is 14.4 Å². The number of aldehydes is 1. The van der Waals surface area contributed by atoms with Gasteiger partial charge in [-0.2, -0.15) is 0 Å². The van der Waals surface area contributed by atoms with E-state index in [0.717, 1.165) is 6.42 Å². The van der Waals surface area contributed by atoms with Gasteiger partial charge in [-0.05, 0) is 30.7 Å². The van der Waals surface area contributed by atoms with Crippen LogP contribution in [-0.2, 0) is 9.53 Å². The molecule has 0 spiro atoms. The van der Waals surface area contributed by atoms with E-state index in [0.29, 0.717) is 29.9 Å². The molecular weight excluding hydrogens is 350 g/mol. The minimum Gasteiger partial charge on any atom is -0.493 e. The van der Waals surface area contributed by atoms with E-state index in [4.69, 9.17) is 9.47 Å². The maximum absolute atomic E-state index is 12.2. The van der Waals surface area contributed by atoms with Gasteiger partial charge in [-0.15, -0.1) is 0 Å². The number of ether oxygens (including phenoxy) is 3. The Morgan fingerprint density at radius 1 is 1.11 bits per heavy atom. The van der Waals surface area contributed by atoms with Crippen LogP contribution in [0.15, 0.2) is 42.5 Å². The first-order valence-electron chi connectivity index (χ1n) is 8.41. The smallest absolute Gasteiger partial charge is 0.339 e. The summed E-state index contributed by atoms with van der Waals surface area (Å²) in [4.78, 5) is 35.1. The molecule has 0 aliphatic heterocycles. The summed E-state index contributed by atoms with van der Waals surface area (Å²) in [6.45, 7) is 2.17. The number of hydrogen-bond acceptors (Lipinski definition) is 6. The summed E-state index contributed by atoms with van der Waals surface area (Å²) < 4.78 is 15.7. The molecule has 7 heteroatoms. The predicted octanol–water partition coefficient (Wildman–Crippen LogP) is 3.09. The van der Waals surface area contributed by atoms with Crippen molar-refractivity contribution in [2.75, 3.05) is 25.6 Å². The van der Waals surface area contributed by atoms with E-state index in [-0.39, 0.29) is 17.9 Å². The van der Waals surface area contributed by atoms with Crippen LogP contribution in [0.4, 0.5) is 5.69 Å². The normalized spacial score (nSPS) is 10.0. The van der Waals surface area contributed by atoms with Crippen LogP contribution in [0.2, 0.25) is 0 Å². The fourth-order valence-corrected chi connectivity index (χ4v) is 2.26. The van der Waals surface area contributed by atoms with Gasteiger partial charge in [0.25, 0.3) is 5.91 Å². The molecule has 2 aromatic carbocycles. The first-order valence-corrected chi connectivity index (χ1v) is 8.41. The third kappa shape index (κ3) is 5.57. The van der Waals surface area contributed by atoms with Gasteiger partial charge in [0.2, 0.25) is 0 Å². The van der Waals surface area contributed by atoms with Crippen LogP contribution in [-0.4, -0.2) is 38.5 Å². The van der Waals surface area contributed by atoms with Crippen molar-refractivity contribution in [2.45, 2.75) is 13.3 Å². The van der Waals surface area contributed by atoms with E-state index in [2.05, 4.69) is 10.1 Å². The largest absolute Gasteiger partial charge is 0.493 e. The third-order valence-corrected chi connectivity index (χ3v) is 3.55. The predicted molar refractivity (Wildman–Crippen MR) is 99.5 cm³/mol. The molecule has 2 rings (SSSR count). The molecule has 0 unspecified atom stereocenters. The van der Waals surface area contributed by atoms with E-state index in [1.54, 1.807) is 42.5 Å². The molecule has 0 atom stereocenters. The average molecular weight is 371 g/mol. The van der Waals surface area contributed by atoms with Crippen molar-refractivity contribution in [2.24, 2.45) is 0 Å². The Kier molecular flexibility index (Phi) is 7.37. The molecule has 1 N–H and O–H groups in total. The van der Waals surface area contributed by atoms with E-state index >= 15 is 0 Å². The number of benzene rings is 2. The monoisotopic (exact) mass is 371 g/mol. The number of esters is 1. The van der Waals surface area contributed by atoms with Crippen LogP contribution in [0.25, 0.3) is 0 Å². The highest BCUT2D eigenvalue weighted by molar-refractivity contribution is 6.01.